The van der Waals surface area contributed by atoms with Crippen molar-refractivity contribution in [2.24, 2.45) is 0 Å². The van der Waals surface area contributed by atoms with Crippen molar-refractivity contribution in [3.05, 3.63) is 75.7 Å². The summed E-state index contributed by atoms with van der Waals surface area (Å²) in [5, 5.41) is 7.66. The molecule has 0 fully saturated rings. The van der Waals surface area contributed by atoms with E-state index in [2.05, 4.69) is 26.2 Å². The minimum absolute atomic E-state index is 0.0302. The van der Waals surface area contributed by atoms with Crippen LogP contribution in [0.2, 0.25) is 5.02 Å². The van der Waals surface area contributed by atoms with Gasteiger partial charge in [-0.15, -0.1) is 0 Å². The third kappa shape index (κ3) is 3.44. The van der Waals surface area contributed by atoms with Gasteiger partial charge in [-0.3, -0.25) is 0 Å². The Morgan fingerprint density at radius 1 is 1.03 bits per heavy atom. The zero-order valence-electron chi connectivity index (χ0n) is 14.2. The molecule has 10 heteroatoms. The molecule has 4 aromatic rings. The molecule has 2 aromatic carbocycles. The van der Waals surface area contributed by atoms with Gasteiger partial charge in [-0.1, -0.05) is 41.0 Å². The molecule has 2 aromatic heterocycles. The summed E-state index contributed by atoms with van der Waals surface area (Å²) in [6, 6.07) is 11.9. The lowest BCUT2D eigenvalue weighted by atomic mass is 10.1. The normalized spacial score (nSPS) is 11.8. The smallest absolute Gasteiger partial charge is 0.354 e. The second kappa shape index (κ2) is 7.31. The molecule has 0 atom stereocenters. The molecule has 0 unspecified atom stereocenters. The summed E-state index contributed by atoms with van der Waals surface area (Å²) in [6.07, 6.45) is -3.72. The lowest BCUT2D eigenvalue weighted by Gasteiger charge is -2.12. The van der Waals surface area contributed by atoms with E-state index in [9.17, 15) is 17.6 Å². The molecule has 0 amide bonds. The lowest BCUT2D eigenvalue weighted by molar-refractivity contribution is -0.142. The second-order valence-electron chi connectivity index (χ2n) is 5.92. The summed E-state index contributed by atoms with van der Waals surface area (Å²) in [7, 11) is 0. The third-order valence-corrected chi connectivity index (χ3v) is 5.17. The Morgan fingerprint density at radius 3 is 2.41 bits per heavy atom. The van der Waals surface area contributed by atoms with E-state index in [0.29, 0.717) is 0 Å². The number of halogens is 6. The Kier molecular flexibility index (Phi) is 4.95. The highest BCUT2D eigenvalue weighted by molar-refractivity contribution is 9.10. The number of rotatable bonds is 3. The summed E-state index contributed by atoms with van der Waals surface area (Å²) in [4.78, 5) is 0. The van der Waals surface area contributed by atoms with Crippen LogP contribution in [-0.2, 0) is 6.18 Å². The molecule has 0 spiro atoms. The molecule has 148 valence electrons. The highest BCUT2D eigenvalue weighted by Crippen LogP contribution is 2.44. The van der Waals surface area contributed by atoms with Crippen molar-refractivity contribution in [3.63, 3.8) is 0 Å². The minimum atomic E-state index is -4.75. The zero-order chi connectivity index (χ0) is 20.8. The van der Waals surface area contributed by atoms with Crippen molar-refractivity contribution in [2.75, 3.05) is 0 Å². The third-order valence-electron chi connectivity index (χ3n) is 4.12. The van der Waals surface area contributed by atoms with E-state index in [-0.39, 0.29) is 37.8 Å². The molecule has 29 heavy (non-hydrogen) atoms. The van der Waals surface area contributed by atoms with Crippen LogP contribution in [0.4, 0.5) is 17.6 Å². The highest BCUT2D eigenvalue weighted by Gasteiger charge is 2.41. The SMILES string of the molecule is Fc1cccc(Cl)c1-c1noc(-c2cnn(-c3ccccc3)c2C(F)(F)F)c1Br. The molecular weight excluding hydrogens is 478 g/mol. The van der Waals surface area contributed by atoms with Gasteiger partial charge in [-0.25, -0.2) is 9.07 Å². The van der Waals surface area contributed by atoms with Gasteiger partial charge >= 0.3 is 6.18 Å². The molecule has 0 aliphatic rings. The van der Waals surface area contributed by atoms with Gasteiger partial charge in [0.25, 0.3) is 0 Å². The fourth-order valence-electron chi connectivity index (χ4n) is 2.88. The molecule has 0 aliphatic heterocycles. The van der Waals surface area contributed by atoms with Crippen LogP contribution in [0.5, 0.6) is 0 Å². The van der Waals surface area contributed by atoms with Gasteiger partial charge in [0, 0.05) is 0 Å². The van der Waals surface area contributed by atoms with Gasteiger partial charge in [0.1, 0.15) is 11.5 Å². The monoisotopic (exact) mass is 485 g/mol. The van der Waals surface area contributed by atoms with Crippen LogP contribution in [0.3, 0.4) is 0 Å². The molecule has 0 saturated carbocycles. The van der Waals surface area contributed by atoms with E-state index >= 15 is 0 Å². The topological polar surface area (TPSA) is 43.9 Å². The average Bonchev–Trinajstić information content (AvgIpc) is 3.26. The Balaban J connectivity index is 1.92. The number of benzene rings is 2. The maximum atomic E-state index is 14.2. The van der Waals surface area contributed by atoms with Crippen LogP contribution in [-0.4, -0.2) is 14.9 Å². The molecule has 0 radical (unpaired) electrons. The summed E-state index contributed by atoms with van der Waals surface area (Å²) in [5.74, 6) is -0.928. The summed E-state index contributed by atoms with van der Waals surface area (Å²) < 4.78 is 61.8. The van der Waals surface area contributed by atoms with Gasteiger partial charge in [-0.2, -0.15) is 18.3 Å². The van der Waals surface area contributed by atoms with Crippen LogP contribution in [0.1, 0.15) is 5.69 Å². The summed E-state index contributed by atoms with van der Waals surface area (Å²) >= 11 is 9.21. The molecule has 4 nitrogen and oxygen atoms in total. The van der Waals surface area contributed by atoms with Crippen LogP contribution < -0.4 is 0 Å². The maximum absolute atomic E-state index is 14.2. The molecule has 0 saturated heterocycles. The largest absolute Gasteiger partial charge is 0.434 e. The molecule has 4 rings (SSSR count). The van der Waals surface area contributed by atoms with Crippen molar-refractivity contribution in [3.8, 4) is 28.3 Å². The maximum Gasteiger partial charge on any atom is 0.434 e. The van der Waals surface area contributed by atoms with Gasteiger partial charge in [0.05, 0.1) is 32.5 Å². The predicted octanol–water partition coefficient (Wildman–Crippen LogP) is 6.77. The minimum Gasteiger partial charge on any atom is -0.354 e. The van der Waals surface area contributed by atoms with Crippen LogP contribution >= 0.6 is 27.5 Å². The number of hydrogen-bond acceptors (Lipinski definition) is 3. The van der Waals surface area contributed by atoms with E-state index in [1.54, 1.807) is 18.2 Å². The summed E-state index contributed by atoms with van der Waals surface area (Å²) in [5.41, 5.74) is -1.31. The molecular formula is C19H9BrClF4N3O. The van der Waals surface area contributed by atoms with E-state index < -0.39 is 17.7 Å². The van der Waals surface area contributed by atoms with Gasteiger partial charge in [0.15, 0.2) is 11.5 Å². The second-order valence-corrected chi connectivity index (χ2v) is 7.12. The quantitative estimate of drug-likeness (QED) is 0.300. The highest BCUT2D eigenvalue weighted by atomic mass is 79.9. The number of alkyl halides is 3. The van der Waals surface area contributed by atoms with Crippen molar-refractivity contribution < 1.29 is 22.1 Å². The Hall–Kier alpha value is -2.65. The average molecular weight is 487 g/mol. The number of nitrogens with zero attached hydrogens (tertiary/aromatic N) is 3. The summed E-state index contributed by atoms with van der Waals surface area (Å²) in [6.45, 7) is 0. The van der Waals surface area contributed by atoms with Gasteiger partial charge < -0.3 is 4.52 Å². The van der Waals surface area contributed by atoms with Crippen LogP contribution in [0.15, 0.2) is 63.7 Å². The van der Waals surface area contributed by atoms with E-state index in [0.717, 1.165) is 16.9 Å². The Morgan fingerprint density at radius 2 is 1.76 bits per heavy atom. The zero-order valence-corrected chi connectivity index (χ0v) is 16.6. The predicted molar refractivity (Wildman–Crippen MR) is 102 cm³/mol. The Bertz CT molecular complexity index is 1170. The first-order valence-corrected chi connectivity index (χ1v) is 9.26. The molecule has 0 bridgehead atoms. The first kappa shape index (κ1) is 19.7. The van der Waals surface area contributed by atoms with E-state index in [1.807, 2.05) is 0 Å². The number of aromatic nitrogens is 3. The molecule has 0 N–H and O–H groups in total. The fraction of sp³-hybridized carbons (Fsp3) is 0.0526. The van der Waals surface area contributed by atoms with Crippen molar-refractivity contribution >= 4 is 27.5 Å². The lowest BCUT2D eigenvalue weighted by Crippen LogP contribution is -2.14. The first-order valence-electron chi connectivity index (χ1n) is 8.09. The van der Waals surface area contributed by atoms with Crippen LogP contribution in [0.25, 0.3) is 28.3 Å². The Labute approximate surface area is 174 Å². The molecule has 0 aliphatic carbocycles. The fourth-order valence-corrected chi connectivity index (χ4v) is 3.69. The standard InChI is InChI=1S/C19H9BrClF4N3O/c20-15-16(14-12(21)7-4-8-13(14)22)27-29-17(15)11-9-26-28(18(11)19(23,24)25)10-5-2-1-3-6-10/h1-9H. The number of hydrogen-bond donors (Lipinski definition) is 0. The number of para-hydroxylation sites is 1. The molecule has 2 heterocycles. The van der Waals surface area contributed by atoms with Crippen molar-refractivity contribution in [2.45, 2.75) is 6.18 Å². The van der Waals surface area contributed by atoms with Crippen molar-refractivity contribution in [1.29, 1.82) is 0 Å². The van der Waals surface area contributed by atoms with Crippen LogP contribution in [0, 0.1) is 5.82 Å². The van der Waals surface area contributed by atoms with Gasteiger partial charge in [-0.05, 0) is 40.2 Å². The van der Waals surface area contributed by atoms with Crippen molar-refractivity contribution in [1.82, 2.24) is 14.9 Å². The van der Waals surface area contributed by atoms with E-state index in [1.165, 1.54) is 24.3 Å². The van der Waals surface area contributed by atoms with E-state index in [4.69, 9.17) is 16.1 Å². The first-order chi connectivity index (χ1) is 13.8. The van der Waals surface area contributed by atoms with Gasteiger partial charge in [0.2, 0.25) is 0 Å².